The quantitative estimate of drug-likeness (QED) is 0.464. The lowest BCUT2D eigenvalue weighted by Crippen LogP contribution is -2.50. The zero-order chi connectivity index (χ0) is 19.9. The van der Waals surface area contributed by atoms with E-state index < -0.39 is 23.6 Å². The molecule has 10 heteroatoms. The van der Waals surface area contributed by atoms with E-state index in [0.29, 0.717) is 31.6 Å². The van der Waals surface area contributed by atoms with E-state index in [2.05, 4.69) is 25.9 Å². The highest BCUT2D eigenvalue weighted by molar-refractivity contribution is 9.10. The Kier molecular flexibility index (Phi) is 5.45. The first kappa shape index (κ1) is 20.0. The standard InChI is InChI=1S/C17H18BrClF2N4O2/c1-17(2,3)27-16(26)25-6-4-24(5-7-25)14-9-8-10(19)11(18)12(20)13(9)22-15(21)23-14/h8H,4-7H2,1-3H3. The van der Waals surface area contributed by atoms with Gasteiger partial charge in [-0.25, -0.2) is 9.18 Å². The number of amides is 1. The van der Waals surface area contributed by atoms with Gasteiger partial charge < -0.3 is 14.5 Å². The lowest BCUT2D eigenvalue weighted by atomic mass is 10.2. The molecule has 0 unspecified atom stereocenters. The lowest BCUT2D eigenvalue weighted by molar-refractivity contribution is 0.0240. The number of hydrogen-bond donors (Lipinski definition) is 0. The first-order valence-electron chi connectivity index (χ1n) is 8.30. The highest BCUT2D eigenvalue weighted by Gasteiger charge is 2.28. The highest BCUT2D eigenvalue weighted by Crippen LogP contribution is 2.35. The summed E-state index contributed by atoms with van der Waals surface area (Å²) < 4.78 is 33.7. The largest absolute Gasteiger partial charge is 0.444 e. The van der Waals surface area contributed by atoms with E-state index in [0.717, 1.165) is 0 Å². The SMILES string of the molecule is CC(C)(C)OC(=O)N1CCN(c2nc(F)nc3c(F)c(Br)c(Cl)cc23)CC1. The Morgan fingerprint density at radius 3 is 2.44 bits per heavy atom. The molecule has 6 nitrogen and oxygen atoms in total. The van der Waals surface area contributed by atoms with Crippen LogP contribution in [0.25, 0.3) is 10.9 Å². The number of carbonyl (C=O) groups excluding carboxylic acids is 1. The number of nitrogens with zero attached hydrogens (tertiary/aromatic N) is 4. The van der Waals surface area contributed by atoms with E-state index in [1.54, 1.807) is 30.6 Å². The number of fused-ring (bicyclic) bond motifs is 1. The summed E-state index contributed by atoms with van der Waals surface area (Å²) in [6, 6.07) is 1.50. The molecule has 0 radical (unpaired) electrons. The van der Waals surface area contributed by atoms with Gasteiger partial charge in [-0.15, -0.1) is 0 Å². The Labute approximate surface area is 168 Å². The third-order valence-electron chi connectivity index (χ3n) is 4.01. The van der Waals surface area contributed by atoms with Gasteiger partial charge in [0.15, 0.2) is 5.82 Å². The smallest absolute Gasteiger partial charge is 0.410 e. The second kappa shape index (κ2) is 7.35. The zero-order valence-electron chi connectivity index (χ0n) is 15.0. The van der Waals surface area contributed by atoms with Crippen LogP contribution in [-0.4, -0.2) is 52.7 Å². The Morgan fingerprint density at radius 1 is 1.22 bits per heavy atom. The molecule has 1 saturated heterocycles. The molecule has 1 amide bonds. The first-order chi connectivity index (χ1) is 12.6. The minimum Gasteiger partial charge on any atom is -0.444 e. The maximum atomic E-state index is 14.4. The van der Waals surface area contributed by atoms with Crippen LogP contribution in [0.1, 0.15) is 20.8 Å². The summed E-state index contributed by atoms with van der Waals surface area (Å²) in [5, 5.41) is 0.455. The van der Waals surface area contributed by atoms with E-state index in [1.807, 2.05) is 0 Å². The van der Waals surface area contributed by atoms with Crippen LogP contribution in [0, 0.1) is 11.9 Å². The predicted octanol–water partition coefficient (Wildman–Crippen LogP) is 4.38. The van der Waals surface area contributed by atoms with E-state index >= 15 is 0 Å². The van der Waals surface area contributed by atoms with E-state index in [9.17, 15) is 13.6 Å². The number of ether oxygens (including phenoxy) is 1. The second-order valence-corrected chi connectivity index (χ2v) is 8.35. The molecule has 1 aliphatic rings. The van der Waals surface area contributed by atoms with Gasteiger partial charge in [0.2, 0.25) is 0 Å². The molecular formula is C17H18BrClF2N4O2. The molecule has 0 bridgehead atoms. The lowest BCUT2D eigenvalue weighted by Gasteiger charge is -2.36. The number of aromatic nitrogens is 2. The fourth-order valence-electron chi connectivity index (χ4n) is 2.80. The Balaban J connectivity index is 1.86. The molecule has 0 spiro atoms. The van der Waals surface area contributed by atoms with Crippen LogP contribution < -0.4 is 4.90 Å². The average Bonchev–Trinajstić information content (AvgIpc) is 2.59. The van der Waals surface area contributed by atoms with Crippen molar-refractivity contribution in [3.8, 4) is 0 Å². The molecule has 1 aromatic heterocycles. The fourth-order valence-corrected chi connectivity index (χ4v) is 3.29. The number of hydrogen-bond acceptors (Lipinski definition) is 5. The third-order valence-corrected chi connectivity index (χ3v) is 5.31. The maximum absolute atomic E-state index is 14.4. The van der Waals surface area contributed by atoms with Crippen LogP contribution in [0.3, 0.4) is 0 Å². The van der Waals surface area contributed by atoms with Gasteiger partial charge >= 0.3 is 12.2 Å². The van der Waals surface area contributed by atoms with Gasteiger partial charge in [0, 0.05) is 31.6 Å². The highest BCUT2D eigenvalue weighted by atomic mass is 79.9. The molecule has 3 rings (SSSR count). The van der Waals surface area contributed by atoms with Crippen molar-refractivity contribution < 1.29 is 18.3 Å². The predicted molar refractivity (Wildman–Crippen MR) is 102 cm³/mol. The molecular weight excluding hydrogens is 446 g/mol. The van der Waals surface area contributed by atoms with Crippen LogP contribution in [-0.2, 0) is 4.74 Å². The Hall–Kier alpha value is -1.74. The third kappa shape index (κ3) is 4.24. The van der Waals surface area contributed by atoms with Gasteiger partial charge in [0.1, 0.15) is 16.9 Å². The molecule has 27 heavy (non-hydrogen) atoms. The first-order valence-corrected chi connectivity index (χ1v) is 9.47. The Bertz CT molecular complexity index is 899. The average molecular weight is 464 g/mol. The summed E-state index contributed by atoms with van der Waals surface area (Å²) in [6.07, 6.45) is -1.43. The van der Waals surface area contributed by atoms with Gasteiger partial charge in [-0.05, 0) is 42.8 Å². The van der Waals surface area contributed by atoms with Crippen molar-refractivity contribution in [1.29, 1.82) is 0 Å². The molecule has 2 aromatic rings. The van der Waals surface area contributed by atoms with Crippen molar-refractivity contribution in [2.24, 2.45) is 0 Å². The minimum absolute atomic E-state index is 0.0236. The summed E-state index contributed by atoms with van der Waals surface area (Å²) in [7, 11) is 0. The van der Waals surface area contributed by atoms with Crippen LogP contribution in [0.2, 0.25) is 5.02 Å². The molecule has 2 heterocycles. The van der Waals surface area contributed by atoms with Crippen molar-refractivity contribution in [1.82, 2.24) is 14.9 Å². The maximum Gasteiger partial charge on any atom is 0.410 e. The number of halogens is 4. The number of rotatable bonds is 1. The van der Waals surface area contributed by atoms with Crippen molar-refractivity contribution in [3.05, 3.63) is 27.5 Å². The van der Waals surface area contributed by atoms with Crippen LogP contribution >= 0.6 is 27.5 Å². The van der Waals surface area contributed by atoms with E-state index in [1.165, 1.54) is 6.07 Å². The molecule has 0 atom stereocenters. The van der Waals surface area contributed by atoms with Crippen molar-refractivity contribution >= 4 is 50.3 Å². The molecule has 146 valence electrons. The van der Waals surface area contributed by atoms with E-state index in [-0.39, 0.29) is 20.8 Å². The molecule has 0 saturated carbocycles. The molecule has 1 aliphatic heterocycles. The normalized spacial score (nSPS) is 15.4. The number of carbonyl (C=O) groups is 1. The number of piperazine rings is 1. The summed E-state index contributed by atoms with van der Waals surface area (Å²) >= 11 is 9.08. The topological polar surface area (TPSA) is 58.6 Å². The van der Waals surface area contributed by atoms with Gasteiger partial charge in [0.05, 0.1) is 9.50 Å². The van der Waals surface area contributed by atoms with Crippen LogP contribution in [0.15, 0.2) is 10.5 Å². The monoisotopic (exact) mass is 462 g/mol. The second-order valence-electron chi connectivity index (χ2n) is 7.15. The van der Waals surface area contributed by atoms with Crippen LogP contribution in [0.4, 0.5) is 19.4 Å². The Morgan fingerprint density at radius 2 is 1.85 bits per heavy atom. The molecule has 0 N–H and O–H groups in total. The number of benzene rings is 1. The fraction of sp³-hybridized carbons (Fsp3) is 0.471. The van der Waals surface area contributed by atoms with E-state index in [4.69, 9.17) is 16.3 Å². The molecule has 1 fully saturated rings. The summed E-state index contributed by atoms with van der Waals surface area (Å²) in [6.45, 7) is 6.91. The van der Waals surface area contributed by atoms with Gasteiger partial charge in [-0.1, -0.05) is 11.6 Å². The van der Waals surface area contributed by atoms with Crippen molar-refractivity contribution in [2.75, 3.05) is 31.1 Å². The zero-order valence-corrected chi connectivity index (χ0v) is 17.4. The number of anilines is 1. The van der Waals surface area contributed by atoms with Crippen molar-refractivity contribution in [3.63, 3.8) is 0 Å². The van der Waals surface area contributed by atoms with Gasteiger partial charge in [-0.3, -0.25) is 0 Å². The summed E-state index contributed by atoms with van der Waals surface area (Å²) in [5.74, 6) is -0.498. The van der Waals surface area contributed by atoms with Crippen molar-refractivity contribution in [2.45, 2.75) is 26.4 Å². The molecule has 1 aromatic carbocycles. The molecule has 0 aliphatic carbocycles. The van der Waals surface area contributed by atoms with Gasteiger partial charge in [-0.2, -0.15) is 14.4 Å². The summed E-state index contributed by atoms with van der Waals surface area (Å²) in [4.78, 5) is 22.9. The summed E-state index contributed by atoms with van der Waals surface area (Å²) in [5.41, 5.74) is -0.731. The minimum atomic E-state index is -1.03. The van der Waals surface area contributed by atoms with Crippen LogP contribution in [0.5, 0.6) is 0 Å². The van der Waals surface area contributed by atoms with Gasteiger partial charge in [0.25, 0.3) is 0 Å².